The summed E-state index contributed by atoms with van der Waals surface area (Å²) in [5.41, 5.74) is 9.62. The normalized spacial score (nSPS) is 24.7. The first-order valence-electron chi connectivity index (χ1n) is 9.15. The van der Waals surface area contributed by atoms with Crippen LogP contribution in [-0.2, 0) is 0 Å². The van der Waals surface area contributed by atoms with Gasteiger partial charge in [0.05, 0.1) is 6.04 Å². The summed E-state index contributed by atoms with van der Waals surface area (Å²) in [6, 6.07) is 8.75. The Kier molecular flexibility index (Phi) is 5.02. The number of rotatable bonds is 3. The summed E-state index contributed by atoms with van der Waals surface area (Å²) in [5, 5.41) is 1.35. The van der Waals surface area contributed by atoms with Crippen molar-refractivity contribution in [3.63, 3.8) is 0 Å². The number of amidine groups is 1. The zero-order valence-corrected chi connectivity index (χ0v) is 15.2. The summed E-state index contributed by atoms with van der Waals surface area (Å²) in [6.45, 7) is 0. The molecule has 130 valence electrons. The average molecular weight is 353 g/mol. The lowest BCUT2D eigenvalue weighted by Gasteiger charge is -2.34. The SMILES string of the molecule is NC1=N[C@H](c2cccc(-c3cncnc3)c2)C[C@@H](C2CCCCC2)S1. The standard InChI is InChI=1S/C20H24N4S/c21-20-24-18(10-19(25-20)14-5-2-1-3-6-14)16-8-4-7-15(9-16)17-11-22-13-23-12-17/h4,7-9,11-14,18-19H,1-3,5-6,10H2,(H2,21,24)/t18-,19-/m0/s1. The van der Waals surface area contributed by atoms with Crippen LogP contribution in [0.3, 0.4) is 0 Å². The predicted octanol–water partition coefficient (Wildman–Crippen LogP) is 4.59. The van der Waals surface area contributed by atoms with Crippen molar-refractivity contribution in [2.75, 3.05) is 0 Å². The molecule has 0 bridgehead atoms. The van der Waals surface area contributed by atoms with Crippen LogP contribution < -0.4 is 5.73 Å². The topological polar surface area (TPSA) is 64.2 Å². The highest BCUT2D eigenvalue weighted by Gasteiger charge is 2.31. The third-order valence-electron chi connectivity index (χ3n) is 5.35. The molecule has 2 aromatic rings. The van der Waals surface area contributed by atoms with Crippen LogP contribution in [0.25, 0.3) is 11.1 Å². The van der Waals surface area contributed by atoms with Crippen molar-refractivity contribution in [3.05, 3.63) is 48.5 Å². The number of benzene rings is 1. The van der Waals surface area contributed by atoms with Gasteiger partial charge in [-0.15, -0.1) is 0 Å². The van der Waals surface area contributed by atoms with Crippen molar-refractivity contribution < 1.29 is 0 Å². The number of aliphatic imine (C=N–C) groups is 1. The minimum absolute atomic E-state index is 0.165. The van der Waals surface area contributed by atoms with Gasteiger partial charge >= 0.3 is 0 Å². The van der Waals surface area contributed by atoms with E-state index in [9.17, 15) is 0 Å². The molecule has 2 heterocycles. The molecule has 1 aliphatic heterocycles. The number of hydrogen-bond acceptors (Lipinski definition) is 5. The predicted molar refractivity (Wildman–Crippen MR) is 104 cm³/mol. The van der Waals surface area contributed by atoms with Gasteiger partial charge in [0, 0.05) is 23.2 Å². The molecule has 1 saturated carbocycles. The van der Waals surface area contributed by atoms with E-state index in [0.717, 1.165) is 28.6 Å². The molecule has 2 N–H and O–H groups in total. The van der Waals surface area contributed by atoms with E-state index in [1.165, 1.54) is 37.7 Å². The van der Waals surface area contributed by atoms with Gasteiger partial charge in [0.25, 0.3) is 0 Å². The molecule has 5 heteroatoms. The fraction of sp³-hybridized carbons (Fsp3) is 0.450. The van der Waals surface area contributed by atoms with Crippen LogP contribution in [-0.4, -0.2) is 20.4 Å². The van der Waals surface area contributed by atoms with Crippen LogP contribution in [0.1, 0.15) is 50.1 Å². The van der Waals surface area contributed by atoms with E-state index in [1.54, 1.807) is 18.1 Å². The lowest BCUT2D eigenvalue weighted by molar-refractivity contribution is 0.332. The second-order valence-corrected chi connectivity index (χ2v) is 8.29. The third kappa shape index (κ3) is 3.87. The summed E-state index contributed by atoms with van der Waals surface area (Å²) in [6.07, 6.45) is 13.2. The highest BCUT2D eigenvalue weighted by Crippen LogP contribution is 2.42. The van der Waals surface area contributed by atoms with Crippen LogP contribution in [0.4, 0.5) is 0 Å². The van der Waals surface area contributed by atoms with Crippen LogP contribution in [0.5, 0.6) is 0 Å². The molecule has 2 aliphatic rings. The molecule has 1 aromatic carbocycles. The maximum atomic E-state index is 6.20. The van der Waals surface area contributed by atoms with Crippen LogP contribution >= 0.6 is 11.8 Å². The average Bonchev–Trinajstić information content (AvgIpc) is 2.69. The summed E-state index contributed by atoms with van der Waals surface area (Å²) in [5.74, 6) is 0.793. The van der Waals surface area contributed by atoms with Gasteiger partial charge in [-0.25, -0.2) is 9.97 Å². The van der Waals surface area contributed by atoms with Crippen LogP contribution in [0.2, 0.25) is 0 Å². The molecular weight excluding hydrogens is 328 g/mol. The van der Waals surface area contributed by atoms with Crippen LogP contribution in [0, 0.1) is 5.92 Å². The van der Waals surface area contributed by atoms with Gasteiger partial charge in [-0.05, 0) is 42.4 Å². The molecule has 0 saturated heterocycles. The number of aromatic nitrogens is 2. The van der Waals surface area contributed by atoms with Crippen molar-refractivity contribution in [1.82, 2.24) is 9.97 Å². The largest absolute Gasteiger partial charge is 0.379 e. The zero-order chi connectivity index (χ0) is 17.1. The number of nitrogens with zero attached hydrogens (tertiary/aromatic N) is 3. The van der Waals surface area contributed by atoms with Crippen molar-refractivity contribution in [2.24, 2.45) is 16.6 Å². The Morgan fingerprint density at radius 1 is 1.00 bits per heavy atom. The van der Waals surface area contributed by atoms with Gasteiger partial charge in [-0.2, -0.15) is 0 Å². The van der Waals surface area contributed by atoms with E-state index in [2.05, 4.69) is 34.2 Å². The molecule has 1 fully saturated rings. The molecule has 0 amide bonds. The fourth-order valence-electron chi connectivity index (χ4n) is 4.04. The van der Waals surface area contributed by atoms with E-state index < -0.39 is 0 Å². The molecule has 0 spiro atoms. The quantitative estimate of drug-likeness (QED) is 0.878. The lowest BCUT2D eigenvalue weighted by atomic mass is 9.84. The Hall–Kier alpha value is -1.88. The Labute approximate surface area is 153 Å². The van der Waals surface area contributed by atoms with Gasteiger partial charge in [-0.3, -0.25) is 4.99 Å². The van der Waals surface area contributed by atoms with E-state index in [4.69, 9.17) is 10.7 Å². The van der Waals surface area contributed by atoms with Gasteiger partial charge in [0.2, 0.25) is 0 Å². The zero-order valence-electron chi connectivity index (χ0n) is 14.3. The van der Waals surface area contributed by atoms with Gasteiger partial charge in [0.15, 0.2) is 5.17 Å². The Morgan fingerprint density at radius 3 is 2.60 bits per heavy atom. The second-order valence-electron chi connectivity index (χ2n) is 7.03. The smallest absolute Gasteiger partial charge is 0.154 e. The molecule has 1 aromatic heterocycles. The van der Waals surface area contributed by atoms with E-state index >= 15 is 0 Å². The second kappa shape index (κ2) is 7.56. The van der Waals surface area contributed by atoms with Gasteiger partial charge < -0.3 is 5.73 Å². The molecule has 0 radical (unpaired) electrons. The Bertz CT molecular complexity index is 740. The summed E-state index contributed by atoms with van der Waals surface area (Å²) < 4.78 is 0. The maximum absolute atomic E-state index is 6.20. The van der Waals surface area contributed by atoms with E-state index in [-0.39, 0.29) is 6.04 Å². The number of thioether (sulfide) groups is 1. The van der Waals surface area contributed by atoms with E-state index in [0.29, 0.717) is 5.25 Å². The third-order valence-corrected chi connectivity index (χ3v) is 6.58. The van der Waals surface area contributed by atoms with Crippen molar-refractivity contribution in [2.45, 2.75) is 49.8 Å². The monoisotopic (exact) mass is 352 g/mol. The van der Waals surface area contributed by atoms with Crippen molar-refractivity contribution in [1.29, 1.82) is 0 Å². The summed E-state index contributed by atoms with van der Waals surface area (Å²) in [7, 11) is 0. The summed E-state index contributed by atoms with van der Waals surface area (Å²) in [4.78, 5) is 13.0. The Balaban J connectivity index is 1.57. The number of hydrogen-bond donors (Lipinski definition) is 1. The molecule has 4 rings (SSSR count). The summed E-state index contributed by atoms with van der Waals surface area (Å²) >= 11 is 1.80. The molecule has 0 unspecified atom stereocenters. The fourth-order valence-corrected chi connectivity index (χ4v) is 5.28. The van der Waals surface area contributed by atoms with Crippen LogP contribution in [0.15, 0.2) is 48.0 Å². The first-order valence-corrected chi connectivity index (χ1v) is 10.0. The molecule has 1 aliphatic carbocycles. The molecular formula is C20H24N4S. The van der Waals surface area contributed by atoms with Crippen molar-refractivity contribution >= 4 is 16.9 Å². The number of nitrogens with two attached hydrogens (primary N) is 1. The minimum atomic E-state index is 0.165. The van der Waals surface area contributed by atoms with E-state index in [1.807, 2.05) is 12.4 Å². The first-order chi connectivity index (χ1) is 12.3. The maximum Gasteiger partial charge on any atom is 0.154 e. The molecule has 25 heavy (non-hydrogen) atoms. The lowest BCUT2D eigenvalue weighted by Crippen LogP contribution is -2.29. The first kappa shape index (κ1) is 16.6. The van der Waals surface area contributed by atoms with Crippen molar-refractivity contribution in [3.8, 4) is 11.1 Å². The molecule has 2 atom stereocenters. The van der Waals surface area contributed by atoms with Gasteiger partial charge in [-0.1, -0.05) is 49.2 Å². The minimum Gasteiger partial charge on any atom is -0.379 e. The Morgan fingerprint density at radius 2 is 1.80 bits per heavy atom. The highest BCUT2D eigenvalue weighted by atomic mass is 32.2. The van der Waals surface area contributed by atoms with Gasteiger partial charge in [0.1, 0.15) is 6.33 Å². The molecule has 4 nitrogen and oxygen atoms in total. The highest BCUT2D eigenvalue weighted by molar-refractivity contribution is 8.14.